The van der Waals surface area contributed by atoms with Crippen molar-refractivity contribution < 1.29 is 22.7 Å². The first-order valence-corrected chi connectivity index (χ1v) is 5.32. The van der Waals surface area contributed by atoms with Gasteiger partial charge in [0.05, 0.1) is 0 Å². The molecule has 1 aromatic carbocycles. The van der Waals surface area contributed by atoms with Crippen LogP contribution in [0.2, 0.25) is 0 Å². The Morgan fingerprint density at radius 1 is 1.47 bits per heavy atom. The van der Waals surface area contributed by atoms with Gasteiger partial charge >= 0.3 is 6.36 Å². The molecule has 0 fully saturated rings. The molecule has 0 saturated carbocycles. The van der Waals surface area contributed by atoms with E-state index in [1.165, 1.54) is 13.0 Å². The van der Waals surface area contributed by atoms with Crippen molar-refractivity contribution in [2.45, 2.75) is 23.6 Å². The highest BCUT2D eigenvalue weighted by atomic mass is 35.5. The maximum atomic E-state index is 11.9. The quantitative estimate of drug-likeness (QED) is 0.676. The van der Waals surface area contributed by atoms with E-state index in [1.54, 1.807) is 0 Å². The molecule has 0 heterocycles. The van der Waals surface area contributed by atoms with Crippen LogP contribution in [0.25, 0.3) is 0 Å². The summed E-state index contributed by atoms with van der Waals surface area (Å²) in [6.07, 6.45) is -4.76. The Hall–Kier alpha value is -0.880. The number of ether oxygens (including phenoxy) is 1. The highest BCUT2D eigenvalue weighted by Crippen LogP contribution is 2.32. The number of benzene rings is 1. The van der Waals surface area contributed by atoms with Crippen LogP contribution in [0, 0.1) is 0 Å². The number of thiol groups is 1. The number of carbonyl (C=O) groups excluding carboxylic acids is 1. The van der Waals surface area contributed by atoms with Crippen molar-refractivity contribution in [1.29, 1.82) is 0 Å². The summed E-state index contributed by atoms with van der Waals surface area (Å²) < 4.78 is 39.5. The highest BCUT2D eigenvalue weighted by molar-refractivity contribution is 7.80. The van der Waals surface area contributed by atoms with E-state index < -0.39 is 17.5 Å². The molecule has 7 heteroatoms. The minimum atomic E-state index is -4.76. The van der Waals surface area contributed by atoms with Crippen molar-refractivity contribution >= 4 is 30.0 Å². The van der Waals surface area contributed by atoms with Crippen LogP contribution in [-0.2, 0) is 4.79 Å². The molecule has 0 aliphatic heterocycles. The first-order valence-electron chi connectivity index (χ1n) is 4.44. The van der Waals surface area contributed by atoms with Gasteiger partial charge in [-0.1, -0.05) is 6.07 Å². The third-order valence-electron chi connectivity index (χ3n) is 1.87. The summed E-state index contributed by atoms with van der Waals surface area (Å²) in [5.41, 5.74) is 0.344. The Balaban J connectivity index is 2.98. The molecule has 0 spiro atoms. The fourth-order valence-electron chi connectivity index (χ4n) is 1.15. The van der Waals surface area contributed by atoms with Crippen molar-refractivity contribution in [3.05, 3.63) is 23.8 Å². The van der Waals surface area contributed by atoms with Crippen LogP contribution in [0.15, 0.2) is 23.1 Å². The van der Waals surface area contributed by atoms with E-state index in [1.807, 2.05) is 0 Å². The molecular formula is C10H8ClF3O2S. The standard InChI is InChI=1S/C10H8ClF3O2S/c1-5(15)9(11)7-3-2-6(4-8(7)17)16-10(12,13)14/h2-4,9,17H,1H3. The van der Waals surface area contributed by atoms with Gasteiger partial charge in [-0.15, -0.1) is 37.4 Å². The molecule has 0 aliphatic rings. The van der Waals surface area contributed by atoms with Crippen LogP contribution in [-0.4, -0.2) is 12.1 Å². The van der Waals surface area contributed by atoms with E-state index in [2.05, 4.69) is 17.4 Å². The predicted octanol–water partition coefficient (Wildman–Crippen LogP) is 3.74. The van der Waals surface area contributed by atoms with Gasteiger partial charge in [-0.2, -0.15) is 0 Å². The third kappa shape index (κ3) is 4.12. The second-order valence-corrected chi connectivity index (χ2v) is 4.16. The molecule has 0 amide bonds. The van der Waals surface area contributed by atoms with Gasteiger partial charge < -0.3 is 4.74 Å². The first kappa shape index (κ1) is 14.2. The lowest BCUT2D eigenvalue weighted by Gasteiger charge is -2.12. The zero-order valence-electron chi connectivity index (χ0n) is 8.58. The number of Topliss-reactive ketones (excluding diaryl/α,β-unsaturated/α-hetero) is 1. The Morgan fingerprint density at radius 3 is 2.47 bits per heavy atom. The van der Waals surface area contributed by atoms with Gasteiger partial charge in [0.2, 0.25) is 0 Å². The average Bonchev–Trinajstić information content (AvgIpc) is 2.14. The third-order valence-corrected chi connectivity index (χ3v) is 2.80. The molecule has 17 heavy (non-hydrogen) atoms. The topological polar surface area (TPSA) is 26.3 Å². The van der Waals surface area contributed by atoms with Crippen molar-refractivity contribution in [2.75, 3.05) is 0 Å². The van der Waals surface area contributed by atoms with Gasteiger partial charge in [-0.3, -0.25) is 4.79 Å². The highest BCUT2D eigenvalue weighted by Gasteiger charge is 2.31. The first-order chi connectivity index (χ1) is 7.70. The molecule has 1 atom stereocenters. The van der Waals surface area contributed by atoms with Crippen LogP contribution in [0.3, 0.4) is 0 Å². The lowest BCUT2D eigenvalue weighted by atomic mass is 10.1. The van der Waals surface area contributed by atoms with E-state index in [4.69, 9.17) is 11.6 Å². The van der Waals surface area contributed by atoms with E-state index in [9.17, 15) is 18.0 Å². The predicted molar refractivity (Wildman–Crippen MR) is 59.7 cm³/mol. The van der Waals surface area contributed by atoms with Crippen LogP contribution >= 0.6 is 24.2 Å². The van der Waals surface area contributed by atoms with Gasteiger partial charge in [0.1, 0.15) is 11.1 Å². The van der Waals surface area contributed by atoms with Gasteiger partial charge in [-0.25, -0.2) is 0 Å². The molecular weight excluding hydrogens is 277 g/mol. The summed E-state index contributed by atoms with van der Waals surface area (Å²) in [5, 5.41) is -0.928. The van der Waals surface area contributed by atoms with Crippen LogP contribution < -0.4 is 4.74 Å². The number of carbonyl (C=O) groups is 1. The van der Waals surface area contributed by atoms with Crippen molar-refractivity contribution in [2.24, 2.45) is 0 Å². The van der Waals surface area contributed by atoms with Gasteiger partial charge in [0.15, 0.2) is 5.78 Å². The summed E-state index contributed by atoms with van der Waals surface area (Å²) in [5.74, 6) is -0.717. The monoisotopic (exact) mass is 284 g/mol. The fourth-order valence-corrected chi connectivity index (χ4v) is 1.75. The molecule has 2 nitrogen and oxygen atoms in total. The van der Waals surface area contributed by atoms with Gasteiger partial charge in [0, 0.05) is 4.90 Å². The largest absolute Gasteiger partial charge is 0.573 e. The number of hydrogen-bond donors (Lipinski definition) is 1. The fraction of sp³-hybridized carbons (Fsp3) is 0.300. The number of rotatable bonds is 3. The van der Waals surface area contributed by atoms with Crippen molar-refractivity contribution in [1.82, 2.24) is 0 Å². The lowest BCUT2D eigenvalue weighted by molar-refractivity contribution is -0.274. The zero-order chi connectivity index (χ0) is 13.2. The molecule has 0 aliphatic carbocycles. The summed E-state index contributed by atoms with van der Waals surface area (Å²) in [4.78, 5) is 11.2. The summed E-state index contributed by atoms with van der Waals surface area (Å²) in [7, 11) is 0. The summed E-state index contributed by atoms with van der Waals surface area (Å²) in [6.45, 7) is 1.28. The summed E-state index contributed by atoms with van der Waals surface area (Å²) in [6, 6.07) is 3.42. The van der Waals surface area contributed by atoms with Crippen LogP contribution in [0.4, 0.5) is 13.2 Å². The SMILES string of the molecule is CC(=O)C(Cl)c1ccc(OC(F)(F)F)cc1S. The Morgan fingerprint density at radius 2 is 2.06 bits per heavy atom. The normalized spacial score (nSPS) is 13.3. The van der Waals surface area contributed by atoms with E-state index in [0.717, 1.165) is 12.1 Å². The zero-order valence-corrected chi connectivity index (χ0v) is 10.2. The van der Waals surface area contributed by atoms with Crippen molar-refractivity contribution in [3.63, 3.8) is 0 Å². The van der Waals surface area contributed by atoms with Crippen LogP contribution in [0.1, 0.15) is 17.9 Å². The lowest BCUT2D eigenvalue weighted by Crippen LogP contribution is -2.17. The second kappa shape index (κ2) is 5.18. The molecule has 1 rings (SSSR count). The Bertz CT molecular complexity index is 434. The number of halogens is 4. The average molecular weight is 285 g/mol. The smallest absolute Gasteiger partial charge is 0.406 e. The van der Waals surface area contributed by atoms with Crippen molar-refractivity contribution in [3.8, 4) is 5.75 Å². The maximum Gasteiger partial charge on any atom is 0.573 e. The maximum absolute atomic E-state index is 11.9. The molecule has 1 unspecified atom stereocenters. The number of hydrogen-bond acceptors (Lipinski definition) is 3. The van der Waals surface area contributed by atoms with Gasteiger partial charge in [-0.05, 0) is 24.6 Å². The number of alkyl halides is 4. The minimum absolute atomic E-state index is 0.168. The molecule has 0 bridgehead atoms. The molecule has 1 aromatic rings. The van der Waals surface area contributed by atoms with Crippen LogP contribution in [0.5, 0.6) is 5.75 Å². The van der Waals surface area contributed by atoms with E-state index >= 15 is 0 Å². The van der Waals surface area contributed by atoms with E-state index in [-0.39, 0.29) is 10.7 Å². The molecule has 0 radical (unpaired) electrons. The summed E-state index contributed by atoms with van der Waals surface area (Å²) >= 11 is 9.74. The van der Waals surface area contributed by atoms with Gasteiger partial charge in [0.25, 0.3) is 0 Å². The van der Waals surface area contributed by atoms with E-state index in [0.29, 0.717) is 5.56 Å². The Labute approximate surface area is 106 Å². The number of ketones is 1. The molecule has 0 N–H and O–H groups in total. The molecule has 94 valence electrons. The minimum Gasteiger partial charge on any atom is -0.406 e. The molecule has 0 aromatic heterocycles. The molecule has 0 saturated heterocycles. The Kier molecular flexibility index (Phi) is 4.32. The second-order valence-electron chi connectivity index (χ2n) is 3.24.